The summed E-state index contributed by atoms with van der Waals surface area (Å²) in [6.45, 7) is 2.40. The van der Waals surface area contributed by atoms with Crippen LogP contribution in [0.15, 0.2) is 54.6 Å². The number of nitrogens with one attached hydrogen (secondary N) is 1. The Hall–Kier alpha value is -1.82. The molecule has 2 aromatic carbocycles. The fourth-order valence-electron chi connectivity index (χ4n) is 3.22. The minimum absolute atomic E-state index is 0. The van der Waals surface area contributed by atoms with Crippen LogP contribution in [-0.2, 0) is 11.2 Å². The predicted octanol–water partition coefficient (Wildman–Crippen LogP) is 3.18. The Kier molecular flexibility index (Phi) is 9.56. The number of hydrogen-bond acceptors (Lipinski definition) is 3. The fourth-order valence-corrected chi connectivity index (χ4v) is 3.22. The van der Waals surface area contributed by atoms with Crippen molar-refractivity contribution in [3.63, 3.8) is 0 Å². The topological polar surface area (TPSA) is 58.4 Å². The van der Waals surface area contributed by atoms with Crippen molar-refractivity contribution in [2.75, 3.05) is 24.5 Å². The van der Waals surface area contributed by atoms with Crippen LogP contribution in [0.3, 0.4) is 0 Å². The van der Waals surface area contributed by atoms with E-state index >= 15 is 0 Å². The van der Waals surface area contributed by atoms with Gasteiger partial charge in [0.15, 0.2) is 0 Å². The van der Waals surface area contributed by atoms with Crippen LogP contribution in [0.1, 0.15) is 12.0 Å². The molecule has 1 amide bonds. The summed E-state index contributed by atoms with van der Waals surface area (Å²) in [7, 11) is 0. The Morgan fingerprint density at radius 3 is 2.48 bits per heavy atom. The van der Waals surface area contributed by atoms with Crippen molar-refractivity contribution in [1.82, 2.24) is 5.32 Å². The van der Waals surface area contributed by atoms with Crippen molar-refractivity contribution in [2.24, 2.45) is 11.7 Å². The number of nitrogens with zero attached hydrogens (tertiary/aromatic N) is 1. The third-order valence-electron chi connectivity index (χ3n) is 4.68. The Labute approximate surface area is 172 Å². The lowest BCUT2D eigenvalue weighted by molar-refractivity contribution is -0.122. The van der Waals surface area contributed by atoms with E-state index in [1.165, 1.54) is 12.1 Å². The molecule has 0 saturated carbocycles. The van der Waals surface area contributed by atoms with Crippen molar-refractivity contribution in [2.45, 2.75) is 18.9 Å². The minimum Gasteiger partial charge on any atom is -0.371 e. The van der Waals surface area contributed by atoms with Crippen LogP contribution in [0.4, 0.5) is 10.1 Å². The van der Waals surface area contributed by atoms with Crippen LogP contribution in [0, 0.1) is 11.7 Å². The molecule has 4 nitrogen and oxygen atoms in total. The average Bonchev–Trinajstić information content (AvgIpc) is 3.10. The van der Waals surface area contributed by atoms with Gasteiger partial charge in [-0.15, -0.1) is 24.8 Å². The molecule has 1 aliphatic rings. The normalized spacial score (nSPS) is 16.8. The standard InChI is InChI=1S/C20H24FN3O.2ClH/c21-17-6-8-18(9-7-17)24-11-10-16(14-24)13-23-20(25)19(22)12-15-4-2-1-3-5-15;;/h1-9,16,19H,10-14,22H2,(H,23,25);2*1H. The molecule has 148 valence electrons. The zero-order valence-electron chi connectivity index (χ0n) is 15.0. The molecule has 2 atom stereocenters. The van der Waals surface area contributed by atoms with Crippen LogP contribution in [0.2, 0.25) is 0 Å². The zero-order valence-corrected chi connectivity index (χ0v) is 16.6. The van der Waals surface area contributed by atoms with Crippen molar-refractivity contribution < 1.29 is 9.18 Å². The van der Waals surface area contributed by atoms with Gasteiger partial charge >= 0.3 is 0 Å². The second-order valence-electron chi connectivity index (χ2n) is 6.62. The fraction of sp³-hybridized carbons (Fsp3) is 0.350. The Balaban J connectivity index is 0.00000182. The third kappa shape index (κ3) is 6.69. The minimum atomic E-state index is -0.531. The number of carbonyl (C=O) groups is 1. The van der Waals surface area contributed by atoms with Crippen molar-refractivity contribution >= 4 is 36.4 Å². The molecular formula is C20H26Cl2FN3O. The molecule has 0 spiro atoms. The van der Waals surface area contributed by atoms with E-state index in [0.29, 0.717) is 18.9 Å². The highest BCUT2D eigenvalue weighted by molar-refractivity contribution is 5.85. The Morgan fingerprint density at radius 1 is 1.15 bits per heavy atom. The van der Waals surface area contributed by atoms with E-state index in [9.17, 15) is 9.18 Å². The summed E-state index contributed by atoms with van der Waals surface area (Å²) in [6.07, 6.45) is 1.55. The molecule has 0 radical (unpaired) electrons. The summed E-state index contributed by atoms with van der Waals surface area (Å²) in [5.41, 5.74) is 8.10. The van der Waals surface area contributed by atoms with Crippen molar-refractivity contribution in [3.05, 3.63) is 66.0 Å². The van der Waals surface area contributed by atoms with Gasteiger partial charge in [-0.25, -0.2) is 4.39 Å². The highest BCUT2D eigenvalue weighted by Gasteiger charge is 2.24. The monoisotopic (exact) mass is 413 g/mol. The molecule has 2 unspecified atom stereocenters. The van der Waals surface area contributed by atoms with E-state index in [0.717, 1.165) is 30.8 Å². The smallest absolute Gasteiger partial charge is 0.237 e. The van der Waals surface area contributed by atoms with Crippen molar-refractivity contribution in [3.8, 4) is 0 Å². The van der Waals surface area contributed by atoms with Gasteiger partial charge in [-0.2, -0.15) is 0 Å². The van der Waals surface area contributed by atoms with Crippen LogP contribution in [-0.4, -0.2) is 31.6 Å². The summed E-state index contributed by atoms with van der Waals surface area (Å²) < 4.78 is 13.0. The van der Waals surface area contributed by atoms with Gasteiger partial charge in [0.25, 0.3) is 0 Å². The highest BCUT2D eigenvalue weighted by Crippen LogP contribution is 2.23. The second-order valence-corrected chi connectivity index (χ2v) is 6.62. The van der Waals surface area contributed by atoms with E-state index in [-0.39, 0.29) is 36.5 Å². The lowest BCUT2D eigenvalue weighted by atomic mass is 10.1. The van der Waals surface area contributed by atoms with Crippen LogP contribution in [0.5, 0.6) is 0 Å². The highest BCUT2D eigenvalue weighted by atomic mass is 35.5. The third-order valence-corrected chi connectivity index (χ3v) is 4.68. The molecule has 1 saturated heterocycles. The summed E-state index contributed by atoms with van der Waals surface area (Å²) in [4.78, 5) is 14.4. The number of halogens is 3. The van der Waals surface area contributed by atoms with E-state index in [1.807, 2.05) is 30.3 Å². The Bertz CT molecular complexity index is 700. The molecule has 0 bridgehead atoms. The molecule has 1 fully saturated rings. The van der Waals surface area contributed by atoms with Gasteiger partial charge in [-0.05, 0) is 48.6 Å². The van der Waals surface area contributed by atoms with Gasteiger partial charge in [-0.1, -0.05) is 30.3 Å². The number of rotatable bonds is 6. The van der Waals surface area contributed by atoms with Gasteiger partial charge in [0.1, 0.15) is 5.82 Å². The molecule has 7 heteroatoms. The number of benzene rings is 2. The summed E-state index contributed by atoms with van der Waals surface area (Å²) >= 11 is 0. The lowest BCUT2D eigenvalue weighted by Gasteiger charge is -2.19. The van der Waals surface area contributed by atoms with E-state index in [4.69, 9.17) is 5.73 Å². The van der Waals surface area contributed by atoms with E-state index in [1.54, 1.807) is 12.1 Å². The molecule has 3 N–H and O–H groups in total. The lowest BCUT2D eigenvalue weighted by Crippen LogP contribution is -2.44. The average molecular weight is 414 g/mol. The van der Waals surface area contributed by atoms with Gasteiger partial charge in [-0.3, -0.25) is 4.79 Å². The summed E-state index contributed by atoms with van der Waals surface area (Å²) in [6, 6.07) is 15.8. The maximum atomic E-state index is 13.0. The van der Waals surface area contributed by atoms with Gasteiger partial charge in [0, 0.05) is 25.3 Å². The van der Waals surface area contributed by atoms with E-state index in [2.05, 4.69) is 10.2 Å². The molecule has 0 aromatic heterocycles. The maximum Gasteiger partial charge on any atom is 0.237 e. The first-order valence-electron chi connectivity index (χ1n) is 8.69. The SMILES string of the molecule is Cl.Cl.NC(Cc1ccccc1)C(=O)NCC1CCN(c2ccc(F)cc2)C1. The first kappa shape index (κ1) is 23.2. The first-order chi connectivity index (χ1) is 12.1. The number of nitrogens with two attached hydrogens (primary N) is 1. The Morgan fingerprint density at radius 2 is 1.81 bits per heavy atom. The molecule has 1 aliphatic heterocycles. The number of hydrogen-bond donors (Lipinski definition) is 2. The number of amides is 1. The molecule has 27 heavy (non-hydrogen) atoms. The van der Waals surface area contributed by atoms with Gasteiger partial charge in [0.2, 0.25) is 5.91 Å². The number of carbonyl (C=O) groups excluding carboxylic acids is 1. The van der Waals surface area contributed by atoms with E-state index < -0.39 is 6.04 Å². The molecule has 3 rings (SSSR count). The largest absolute Gasteiger partial charge is 0.371 e. The number of anilines is 1. The molecular weight excluding hydrogens is 388 g/mol. The summed E-state index contributed by atoms with van der Waals surface area (Å²) in [5, 5.41) is 2.98. The summed E-state index contributed by atoms with van der Waals surface area (Å²) in [5.74, 6) is 0.0566. The van der Waals surface area contributed by atoms with Gasteiger partial charge < -0.3 is 16.0 Å². The van der Waals surface area contributed by atoms with Crippen LogP contribution in [0.25, 0.3) is 0 Å². The van der Waals surface area contributed by atoms with Crippen LogP contribution < -0.4 is 16.0 Å². The van der Waals surface area contributed by atoms with Crippen molar-refractivity contribution in [1.29, 1.82) is 0 Å². The molecule has 0 aliphatic carbocycles. The molecule has 2 aromatic rings. The quantitative estimate of drug-likeness (QED) is 0.764. The van der Waals surface area contributed by atoms with Gasteiger partial charge in [0.05, 0.1) is 6.04 Å². The molecule has 1 heterocycles. The zero-order chi connectivity index (χ0) is 17.6. The predicted molar refractivity (Wildman–Crippen MR) is 112 cm³/mol. The maximum absolute atomic E-state index is 13.0. The van der Waals surface area contributed by atoms with Crippen LogP contribution >= 0.6 is 24.8 Å². The first-order valence-corrected chi connectivity index (χ1v) is 8.69. The second kappa shape index (κ2) is 11.1.